The van der Waals surface area contributed by atoms with Gasteiger partial charge in [0.05, 0.1) is 18.8 Å². The summed E-state index contributed by atoms with van der Waals surface area (Å²) in [4.78, 5) is 11.7. The Morgan fingerprint density at radius 1 is 1.08 bits per heavy atom. The molecule has 25 heavy (non-hydrogen) atoms. The molecule has 130 valence electrons. The van der Waals surface area contributed by atoms with Gasteiger partial charge < -0.3 is 14.2 Å². The second kappa shape index (κ2) is 7.28. The Labute approximate surface area is 147 Å². The van der Waals surface area contributed by atoms with Gasteiger partial charge in [-0.1, -0.05) is 36.4 Å². The Morgan fingerprint density at radius 3 is 2.84 bits per heavy atom. The van der Waals surface area contributed by atoms with Gasteiger partial charge >= 0.3 is 5.97 Å². The van der Waals surface area contributed by atoms with Gasteiger partial charge in [-0.05, 0) is 42.4 Å². The molecule has 1 atom stereocenters. The quantitative estimate of drug-likeness (QED) is 0.612. The van der Waals surface area contributed by atoms with E-state index in [0.717, 1.165) is 37.2 Å². The summed E-state index contributed by atoms with van der Waals surface area (Å²) < 4.78 is 16.9. The highest BCUT2D eigenvalue weighted by molar-refractivity contribution is 5.94. The highest BCUT2D eigenvalue weighted by Gasteiger charge is 2.29. The minimum Gasteiger partial charge on any atom is -0.493 e. The SMILES string of the molecule is O=C1OCc2c1ccc1c2OCCC(CCOCc2ccccc2)C1. The van der Waals surface area contributed by atoms with Crippen LogP contribution in [0, 0.1) is 5.92 Å². The maximum absolute atomic E-state index is 11.7. The molecule has 0 saturated heterocycles. The van der Waals surface area contributed by atoms with Crippen LogP contribution in [0.25, 0.3) is 0 Å². The number of esters is 1. The van der Waals surface area contributed by atoms with Crippen molar-refractivity contribution in [2.24, 2.45) is 5.92 Å². The van der Waals surface area contributed by atoms with Gasteiger partial charge in [0.25, 0.3) is 0 Å². The molecule has 4 rings (SSSR count). The van der Waals surface area contributed by atoms with Crippen molar-refractivity contribution in [3.05, 3.63) is 64.7 Å². The molecule has 0 N–H and O–H groups in total. The molecule has 0 fully saturated rings. The third kappa shape index (κ3) is 3.54. The van der Waals surface area contributed by atoms with Crippen molar-refractivity contribution < 1.29 is 19.0 Å². The molecule has 2 aromatic rings. The zero-order valence-corrected chi connectivity index (χ0v) is 14.2. The van der Waals surface area contributed by atoms with Gasteiger partial charge in [-0.2, -0.15) is 0 Å². The summed E-state index contributed by atoms with van der Waals surface area (Å²) in [5.74, 6) is 1.17. The summed E-state index contributed by atoms with van der Waals surface area (Å²) in [5, 5.41) is 0. The number of fused-ring (bicyclic) bond motifs is 3. The molecule has 0 aromatic heterocycles. The molecule has 0 aliphatic carbocycles. The van der Waals surface area contributed by atoms with Gasteiger partial charge in [0.15, 0.2) is 0 Å². The summed E-state index contributed by atoms with van der Waals surface area (Å²) in [6.45, 7) is 2.43. The summed E-state index contributed by atoms with van der Waals surface area (Å²) in [6, 6.07) is 14.1. The second-order valence-corrected chi connectivity index (χ2v) is 6.69. The number of carbonyl (C=O) groups excluding carboxylic acids is 1. The lowest BCUT2D eigenvalue weighted by Crippen LogP contribution is -2.09. The number of rotatable bonds is 5. The highest BCUT2D eigenvalue weighted by atomic mass is 16.5. The van der Waals surface area contributed by atoms with E-state index in [9.17, 15) is 4.79 Å². The van der Waals surface area contributed by atoms with E-state index in [0.29, 0.717) is 31.3 Å². The molecular weight excluding hydrogens is 316 g/mol. The summed E-state index contributed by atoms with van der Waals surface area (Å²) in [6.07, 6.45) is 2.99. The molecule has 0 spiro atoms. The number of benzene rings is 2. The molecule has 0 radical (unpaired) electrons. The maximum atomic E-state index is 11.7. The predicted molar refractivity (Wildman–Crippen MR) is 93.6 cm³/mol. The first-order valence-corrected chi connectivity index (χ1v) is 8.87. The van der Waals surface area contributed by atoms with Crippen molar-refractivity contribution in [2.75, 3.05) is 13.2 Å². The van der Waals surface area contributed by atoms with E-state index in [-0.39, 0.29) is 5.97 Å². The second-order valence-electron chi connectivity index (χ2n) is 6.69. The molecule has 0 saturated carbocycles. The molecule has 2 heterocycles. The van der Waals surface area contributed by atoms with Crippen molar-refractivity contribution in [3.8, 4) is 5.75 Å². The Hall–Kier alpha value is -2.33. The average Bonchev–Trinajstić information content (AvgIpc) is 2.89. The fraction of sp³-hybridized carbons (Fsp3) is 0.381. The first-order valence-electron chi connectivity index (χ1n) is 8.87. The standard InChI is InChI=1S/C21H22O4/c22-21-18-7-6-17-12-15(9-11-24-20(17)19(18)14-25-21)8-10-23-13-16-4-2-1-3-5-16/h1-7,15H,8-14H2. The predicted octanol–water partition coefficient (Wildman–Crippen LogP) is 3.91. The van der Waals surface area contributed by atoms with Crippen LogP contribution in [0.4, 0.5) is 0 Å². The zero-order chi connectivity index (χ0) is 17.1. The first kappa shape index (κ1) is 16.2. The van der Waals surface area contributed by atoms with E-state index >= 15 is 0 Å². The normalized spacial score (nSPS) is 18.7. The van der Waals surface area contributed by atoms with Crippen molar-refractivity contribution in [2.45, 2.75) is 32.5 Å². The topological polar surface area (TPSA) is 44.8 Å². The largest absolute Gasteiger partial charge is 0.493 e. The maximum Gasteiger partial charge on any atom is 0.339 e. The number of hydrogen-bond acceptors (Lipinski definition) is 4. The molecule has 2 aromatic carbocycles. The lowest BCUT2D eigenvalue weighted by molar-refractivity contribution is 0.0534. The van der Waals surface area contributed by atoms with E-state index < -0.39 is 0 Å². The van der Waals surface area contributed by atoms with Crippen LogP contribution in [0.1, 0.15) is 39.9 Å². The fourth-order valence-electron chi connectivity index (χ4n) is 3.57. The summed E-state index contributed by atoms with van der Waals surface area (Å²) in [5.41, 5.74) is 3.96. The van der Waals surface area contributed by atoms with E-state index in [4.69, 9.17) is 14.2 Å². The van der Waals surface area contributed by atoms with E-state index in [2.05, 4.69) is 12.1 Å². The van der Waals surface area contributed by atoms with Crippen LogP contribution in [-0.4, -0.2) is 19.2 Å². The van der Waals surface area contributed by atoms with Crippen molar-refractivity contribution in [1.29, 1.82) is 0 Å². The summed E-state index contributed by atoms with van der Waals surface area (Å²) in [7, 11) is 0. The Bertz CT molecular complexity index is 754. The van der Waals surface area contributed by atoms with Crippen LogP contribution < -0.4 is 4.74 Å². The Morgan fingerprint density at radius 2 is 1.96 bits per heavy atom. The Balaban J connectivity index is 1.35. The van der Waals surface area contributed by atoms with Gasteiger partial charge in [0, 0.05) is 12.2 Å². The molecule has 1 unspecified atom stereocenters. The molecule has 0 amide bonds. The van der Waals surface area contributed by atoms with Crippen LogP contribution in [-0.2, 0) is 29.1 Å². The third-order valence-corrected chi connectivity index (χ3v) is 4.97. The molecule has 2 aliphatic rings. The minimum absolute atomic E-state index is 0.239. The number of hydrogen-bond donors (Lipinski definition) is 0. The van der Waals surface area contributed by atoms with Gasteiger partial charge in [0.2, 0.25) is 0 Å². The first-order chi connectivity index (χ1) is 12.3. The molecule has 0 bridgehead atoms. The monoisotopic (exact) mass is 338 g/mol. The van der Waals surface area contributed by atoms with Gasteiger partial charge in [-0.15, -0.1) is 0 Å². The van der Waals surface area contributed by atoms with Crippen LogP contribution in [0.15, 0.2) is 42.5 Å². The van der Waals surface area contributed by atoms with Crippen molar-refractivity contribution in [1.82, 2.24) is 0 Å². The van der Waals surface area contributed by atoms with E-state index in [1.165, 1.54) is 11.1 Å². The van der Waals surface area contributed by atoms with E-state index in [1.807, 2.05) is 30.3 Å². The third-order valence-electron chi connectivity index (χ3n) is 4.97. The molecule has 4 heteroatoms. The van der Waals surface area contributed by atoms with Crippen LogP contribution in [0.5, 0.6) is 5.75 Å². The number of carbonyl (C=O) groups is 1. The van der Waals surface area contributed by atoms with Gasteiger partial charge in [0.1, 0.15) is 12.4 Å². The summed E-state index contributed by atoms with van der Waals surface area (Å²) >= 11 is 0. The van der Waals surface area contributed by atoms with E-state index in [1.54, 1.807) is 0 Å². The number of cyclic esters (lactones) is 1. The van der Waals surface area contributed by atoms with Crippen molar-refractivity contribution >= 4 is 5.97 Å². The molecular formula is C21H22O4. The minimum atomic E-state index is -0.239. The van der Waals surface area contributed by atoms with Crippen LogP contribution in [0.2, 0.25) is 0 Å². The van der Waals surface area contributed by atoms with Gasteiger partial charge in [-0.25, -0.2) is 4.79 Å². The Kier molecular flexibility index (Phi) is 4.70. The zero-order valence-electron chi connectivity index (χ0n) is 14.2. The lowest BCUT2D eigenvalue weighted by Gasteiger charge is -2.14. The van der Waals surface area contributed by atoms with Crippen LogP contribution >= 0.6 is 0 Å². The number of ether oxygens (including phenoxy) is 3. The van der Waals surface area contributed by atoms with Crippen LogP contribution in [0.3, 0.4) is 0 Å². The van der Waals surface area contributed by atoms with Crippen molar-refractivity contribution in [3.63, 3.8) is 0 Å². The lowest BCUT2D eigenvalue weighted by atomic mass is 9.92. The molecule has 2 aliphatic heterocycles. The highest BCUT2D eigenvalue weighted by Crippen LogP contribution is 2.36. The average molecular weight is 338 g/mol. The molecule has 4 nitrogen and oxygen atoms in total. The smallest absolute Gasteiger partial charge is 0.339 e. The van der Waals surface area contributed by atoms with Gasteiger partial charge in [-0.3, -0.25) is 0 Å². The fourth-order valence-corrected chi connectivity index (χ4v) is 3.57.